The molecule has 0 spiro atoms. The molecule has 172 valence electrons. The van der Waals surface area contributed by atoms with E-state index in [1.165, 1.54) is 4.90 Å². The van der Waals surface area contributed by atoms with E-state index >= 15 is 0 Å². The summed E-state index contributed by atoms with van der Waals surface area (Å²) in [6.07, 6.45) is 0. The first-order chi connectivity index (χ1) is 15.7. The van der Waals surface area contributed by atoms with Gasteiger partial charge in [-0.25, -0.2) is 0 Å². The summed E-state index contributed by atoms with van der Waals surface area (Å²) in [6, 6.07) is 12.7. The molecule has 0 bridgehead atoms. The Morgan fingerprint density at radius 2 is 1.79 bits per heavy atom. The fourth-order valence-electron chi connectivity index (χ4n) is 3.07. The van der Waals surface area contributed by atoms with Gasteiger partial charge in [0.25, 0.3) is 11.8 Å². The number of primary amides is 1. The number of nitrogens with two attached hydrogens (primary N) is 2. The van der Waals surface area contributed by atoms with Crippen LogP contribution in [0.25, 0.3) is 0 Å². The second-order valence-corrected chi connectivity index (χ2v) is 8.20. The molecule has 1 aromatic heterocycles. The number of hydrogen-bond donors (Lipinski definition) is 3. The zero-order valence-corrected chi connectivity index (χ0v) is 19.4. The molecule has 0 radical (unpaired) electrons. The quantitative estimate of drug-likeness (QED) is 0.465. The summed E-state index contributed by atoms with van der Waals surface area (Å²) < 4.78 is 9.03. The number of ether oxygens (including phenoxy) is 1. The highest BCUT2D eigenvalue weighted by atomic mass is 32.1. The number of nitrogens with one attached hydrogen (secondary N) is 1. The lowest BCUT2D eigenvalue weighted by atomic mass is 10.1. The van der Waals surface area contributed by atoms with E-state index in [1.807, 2.05) is 38.1 Å². The molecule has 5 N–H and O–H groups in total. The number of amides is 3. The van der Waals surface area contributed by atoms with Gasteiger partial charge in [0.1, 0.15) is 17.2 Å². The maximum atomic E-state index is 13.3. The van der Waals surface area contributed by atoms with Crippen molar-refractivity contribution in [3.8, 4) is 5.75 Å². The Hall–Kier alpha value is -3.92. The minimum Gasteiger partial charge on any atom is -0.497 e. The van der Waals surface area contributed by atoms with Crippen LogP contribution in [0.2, 0.25) is 0 Å². The molecule has 3 aromatic rings. The number of aryl methyl sites for hydroxylation is 2. The van der Waals surface area contributed by atoms with Crippen molar-refractivity contribution in [2.45, 2.75) is 20.4 Å². The summed E-state index contributed by atoms with van der Waals surface area (Å²) in [5, 5.41) is 2.82. The van der Waals surface area contributed by atoms with Crippen LogP contribution in [-0.4, -0.2) is 35.7 Å². The van der Waals surface area contributed by atoms with Crippen LogP contribution < -0.4 is 26.4 Å². The number of anilines is 2. The van der Waals surface area contributed by atoms with Gasteiger partial charge in [0.2, 0.25) is 5.91 Å². The van der Waals surface area contributed by atoms with Crippen LogP contribution in [0.3, 0.4) is 0 Å². The first-order valence-corrected chi connectivity index (χ1v) is 10.8. The van der Waals surface area contributed by atoms with Crippen LogP contribution >= 0.6 is 11.5 Å². The molecule has 0 atom stereocenters. The van der Waals surface area contributed by atoms with Gasteiger partial charge in [0, 0.05) is 12.2 Å². The average Bonchev–Trinajstić information content (AvgIpc) is 3.19. The lowest BCUT2D eigenvalue weighted by Crippen LogP contribution is -2.40. The molecule has 33 heavy (non-hydrogen) atoms. The molecular formula is C23H25N5O4S. The highest BCUT2D eigenvalue weighted by Crippen LogP contribution is 2.27. The number of benzene rings is 2. The predicted octanol–water partition coefficient (Wildman–Crippen LogP) is 2.41. The molecule has 10 heteroatoms. The van der Waals surface area contributed by atoms with Gasteiger partial charge in [0.15, 0.2) is 5.69 Å². The van der Waals surface area contributed by atoms with Gasteiger partial charge in [-0.1, -0.05) is 18.2 Å². The zero-order chi connectivity index (χ0) is 24.1. The topological polar surface area (TPSA) is 141 Å². The Balaban J connectivity index is 1.83. The van der Waals surface area contributed by atoms with Crippen LogP contribution in [0.15, 0.2) is 42.5 Å². The lowest BCUT2D eigenvalue weighted by molar-refractivity contribution is -0.119. The fourth-order valence-corrected chi connectivity index (χ4v) is 3.82. The second kappa shape index (κ2) is 10.1. The predicted molar refractivity (Wildman–Crippen MR) is 127 cm³/mol. The van der Waals surface area contributed by atoms with Gasteiger partial charge in [-0.2, -0.15) is 4.37 Å². The van der Waals surface area contributed by atoms with E-state index in [1.54, 1.807) is 25.3 Å². The zero-order valence-electron chi connectivity index (χ0n) is 18.5. The molecule has 0 saturated carbocycles. The van der Waals surface area contributed by atoms with Gasteiger partial charge in [-0.15, -0.1) is 0 Å². The van der Waals surface area contributed by atoms with Crippen molar-refractivity contribution in [2.75, 3.05) is 24.3 Å². The summed E-state index contributed by atoms with van der Waals surface area (Å²) >= 11 is 0.773. The van der Waals surface area contributed by atoms with Crippen LogP contribution in [0.4, 0.5) is 11.4 Å². The minimum absolute atomic E-state index is 0.0463. The van der Waals surface area contributed by atoms with E-state index in [9.17, 15) is 14.4 Å². The SMILES string of the molecule is COc1ccc(CNC(=O)CN(C(=O)c2snc(C(N)=O)c2N)c2ccc(C)c(C)c2)cc1. The van der Waals surface area contributed by atoms with E-state index in [0.29, 0.717) is 11.4 Å². The molecule has 1 heterocycles. The highest BCUT2D eigenvalue weighted by Gasteiger charge is 2.27. The van der Waals surface area contributed by atoms with Gasteiger partial charge >= 0.3 is 0 Å². The smallest absolute Gasteiger partial charge is 0.272 e. The Morgan fingerprint density at radius 1 is 1.09 bits per heavy atom. The molecule has 0 unspecified atom stereocenters. The van der Waals surface area contributed by atoms with Crippen LogP contribution in [-0.2, 0) is 11.3 Å². The number of methoxy groups -OCH3 is 1. The average molecular weight is 468 g/mol. The molecule has 0 fully saturated rings. The van der Waals surface area contributed by atoms with Crippen molar-refractivity contribution in [1.82, 2.24) is 9.69 Å². The number of nitrogens with zero attached hydrogens (tertiary/aromatic N) is 2. The maximum absolute atomic E-state index is 13.3. The largest absolute Gasteiger partial charge is 0.497 e. The number of carbonyl (C=O) groups excluding carboxylic acids is 3. The number of rotatable bonds is 8. The summed E-state index contributed by atoms with van der Waals surface area (Å²) in [7, 11) is 1.58. The molecule has 0 aliphatic heterocycles. The first kappa shape index (κ1) is 23.7. The number of carbonyl (C=O) groups is 3. The Labute approximate surface area is 195 Å². The van der Waals surface area contributed by atoms with Crippen molar-refractivity contribution >= 4 is 40.6 Å². The van der Waals surface area contributed by atoms with Gasteiger partial charge in [-0.05, 0) is 66.3 Å². The number of aromatic nitrogens is 1. The summed E-state index contributed by atoms with van der Waals surface area (Å²) in [4.78, 5) is 39.0. The minimum atomic E-state index is -0.822. The molecule has 3 amide bonds. The van der Waals surface area contributed by atoms with Crippen LogP contribution in [0, 0.1) is 13.8 Å². The van der Waals surface area contributed by atoms with E-state index in [2.05, 4.69) is 9.69 Å². The number of hydrogen-bond acceptors (Lipinski definition) is 7. The fraction of sp³-hybridized carbons (Fsp3) is 0.217. The number of nitrogen functional groups attached to an aromatic ring is 1. The summed E-state index contributed by atoms with van der Waals surface area (Å²) in [6.45, 7) is 3.90. The van der Waals surface area contributed by atoms with Crippen molar-refractivity contribution in [1.29, 1.82) is 0 Å². The molecule has 0 aliphatic carbocycles. The van der Waals surface area contributed by atoms with Gasteiger partial charge < -0.3 is 21.5 Å². The van der Waals surface area contributed by atoms with E-state index in [-0.39, 0.29) is 35.3 Å². The Kier molecular flexibility index (Phi) is 7.29. The Morgan fingerprint density at radius 3 is 2.36 bits per heavy atom. The molecule has 0 saturated heterocycles. The molecule has 9 nitrogen and oxygen atoms in total. The van der Waals surface area contributed by atoms with Crippen molar-refractivity contribution in [3.63, 3.8) is 0 Å². The monoisotopic (exact) mass is 467 g/mol. The normalized spacial score (nSPS) is 10.5. The Bertz CT molecular complexity index is 1190. The molecule has 2 aromatic carbocycles. The summed E-state index contributed by atoms with van der Waals surface area (Å²) in [5.74, 6) is -1.01. The molecular weight excluding hydrogens is 442 g/mol. The van der Waals surface area contributed by atoms with E-state index < -0.39 is 11.8 Å². The third-order valence-corrected chi connectivity index (χ3v) is 6.00. The third kappa shape index (κ3) is 5.47. The van der Waals surface area contributed by atoms with Crippen LogP contribution in [0.5, 0.6) is 5.75 Å². The van der Waals surface area contributed by atoms with Gasteiger partial charge in [-0.3, -0.25) is 19.3 Å². The maximum Gasteiger partial charge on any atom is 0.272 e. The standard InChI is InChI=1S/C23H25N5O4S/c1-13-4-7-16(10-14(13)2)28(23(31)21-19(24)20(22(25)30)27-33-21)12-18(29)26-11-15-5-8-17(32-3)9-6-15/h4-10H,11-12,24H2,1-3H3,(H2,25,30)(H,26,29). The highest BCUT2D eigenvalue weighted by molar-refractivity contribution is 7.09. The molecule has 3 rings (SSSR count). The third-order valence-electron chi connectivity index (χ3n) is 5.15. The van der Waals surface area contributed by atoms with Crippen molar-refractivity contribution in [3.05, 3.63) is 69.7 Å². The lowest BCUT2D eigenvalue weighted by Gasteiger charge is -2.23. The van der Waals surface area contributed by atoms with E-state index in [0.717, 1.165) is 28.2 Å². The van der Waals surface area contributed by atoms with E-state index in [4.69, 9.17) is 16.2 Å². The molecule has 0 aliphatic rings. The van der Waals surface area contributed by atoms with Gasteiger partial charge in [0.05, 0.1) is 12.8 Å². The van der Waals surface area contributed by atoms with Crippen LogP contribution in [0.1, 0.15) is 36.9 Å². The second-order valence-electron chi connectivity index (χ2n) is 7.42. The summed E-state index contributed by atoms with van der Waals surface area (Å²) in [5.41, 5.74) is 14.4. The van der Waals surface area contributed by atoms with Crippen molar-refractivity contribution < 1.29 is 19.1 Å². The van der Waals surface area contributed by atoms with Crippen molar-refractivity contribution in [2.24, 2.45) is 5.73 Å². The first-order valence-electron chi connectivity index (χ1n) is 10.0.